The third-order valence-corrected chi connectivity index (χ3v) is 6.86. The summed E-state index contributed by atoms with van der Waals surface area (Å²) in [5, 5.41) is 0. The van der Waals surface area contributed by atoms with Crippen LogP contribution in [0.1, 0.15) is 62.5 Å². The molecule has 3 aromatic rings. The van der Waals surface area contributed by atoms with Crippen molar-refractivity contribution in [1.82, 2.24) is 0 Å². The van der Waals surface area contributed by atoms with Crippen LogP contribution in [0.2, 0.25) is 0 Å². The van der Waals surface area contributed by atoms with Gasteiger partial charge in [0.1, 0.15) is 11.6 Å². The van der Waals surface area contributed by atoms with E-state index in [-0.39, 0.29) is 17.3 Å². The number of aryl methyl sites for hydroxylation is 1. The molecule has 0 aromatic heterocycles. The van der Waals surface area contributed by atoms with E-state index in [0.717, 1.165) is 18.4 Å². The molecule has 0 radical (unpaired) electrons. The maximum Gasteiger partial charge on any atom is 0.314 e. The second-order valence-electron chi connectivity index (χ2n) is 9.46. The average molecular weight is 497 g/mol. The van der Waals surface area contributed by atoms with Crippen LogP contribution in [0.15, 0.2) is 54.6 Å². The van der Waals surface area contributed by atoms with Crippen molar-refractivity contribution in [2.24, 2.45) is 5.92 Å². The molecule has 4 rings (SSSR count). The molecule has 1 aliphatic carbocycles. The van der Waals surface area contributed by atoms with E-state index in [4.69, 9.17) is 9.47 Å². The van der Waals surface area contributed by atoms with Crippen LogP contribution in [0.5, 0.6) is 11.5 Å². The van der Waals surface area contributed by atoms with Gasteiger partial charge in [-0.25, -0.2) is 8.78 Å². The van der Waals surface area contributed by atoms with Crippen LogP contribution in [0.3, 0.4) is 0 Å². The number of halogens is 3. The Morgan fingerprint density at radius 1 is 0.917 bits per heavy atom. The van der Waals surface area contributed by atoms with E-state index in [9.17, 15) is 18.0 Å². The summed E-state index contributed by atoms with van der Waals surface area (Å²) in [4.78, 5) is 12.7. The van der Waals surface area contributed by atoms with Crippen LogP contribution in [0.25, 0.3) is 11.1 Å². The number of unbranched alkanes of at least 4 members (excludes halogenated alkanes) is 1. The summed E-state index contributed by atoms with van der Waals surface area (Å²) in [7, 11) is 0. The number of esters is 1. The van der Waals surface area contributed by atoms with Gasteiger partial charge in [0.25, 0.3) is 0 Å². The van der Waals surface area contributed by atoms with Gasteiger partial charge in [-0.3, -0.25) is 4.79 Å². The van der Waals surface area contributed by atoms with Gasteiger partial charge in [-0.1, -0.05) is 49.2 Å². The fraction of sp³-hybridized carbons (Fsp3) is 0.367. The zero-order valence-electron chi connectivity index (χ0n) is 20.7. The number of ether oxygens (including phenoxy) is 2. The van der Waals surface area contributed by atoms with Crippen LogP contribution < -0.4 is 9.47 Å². The smallest absolute Gasteiger partial charge is 0.314 e. The fourth-order valence-electron chi connectivity index (χ4n) is 4.66. The molecule has 0 bridgehead atoms. The second kappa shape index (κ2) is 11.6. The van der Waals surface area contributed by atoms with Gasteiger partial charge in [0.2, 0.25) is 5.82 Å². The maximum atomic E-state index is 14.7. The van der Waals surface area contributed by atoms with Crippen LogP contribution >= 0.6 is 0 Å². The minimum Gasteiger partial charge on any atom is -0.493 e. The molecule has 0 saturated heterocycles. The quantitative estimate of drug-likeness (QED) is 0.179. The van der Waals surface area contributed by atoms with E-state index >= 15 is 0 Å². The highest BCUT2D eigenvalue weighted by atomic mass is 19.2. The first-order chi connectivity index (χ1) is 17.4. The number of carbonyl (C=O) groups is 1. The van der Waals surface area contributed by atoms with Crippen molar-refractivity contribution in [1.29, 1.82) is 0 Å². The highest BCUT2D eigenvalue weighted by Gasteiger charge is 2.30. The van der Waals surface area contributed by atoms with Gasteiger partial charge in [-0.2, -0.15) is 4.39 Å². The van der Waals surface area contributed by atoms with Gasteiger partial charge in [0.05, 0.1) is 12.5 Å². The first-order valence-electron chi connectivity index (χ1n) is 12.6. The summed E-state index contributed by atoms with van der Waals surface area (Å²) in [6, 6.07) is 14.7. The van der Waals surface area contributed by atoms with Crippen molar-refractivity contribution < 1.29 is 27.4 Å². The van der Waals surface area contributed by atoms with Crippen molar-refractivity contribution in [2.45, 2.75) is 58.3 Å². The molecule has 6 heteroatoms. The van der Waals surface area contributed by atoms with Crippen molar-refractivity contribution in [2.75, 3.05) is 6.61 Å². The highest BCUT2D eigenvalue weighted by molar-refractivity contribution is 5.76. The molecule has 3 nitrogen and oxygen atoms in total. The summed E-state index contributed by atoms with van der Waals surface area (Å²) in [6.07, 6.45) is 4.11. The Balaban J connectivity index is 1.36. The SMILES string of the molecule is CCCCOc1ccc(C2CCC(C(=O)Oc3ccc(-c4ccc(C)cc4)c(F)c3F)CC2)c(F)c1. The Kier molecular flexibility index (Phi) is 8.34. The lowest BCUT2D eigenvalue weighted by molar-refractivity contribution is -0.140. The number of rotatable bonds is 8. The van der Waals surface area contributed by atoms with E-state index < -0.39 is 29.3 Å². The molecule has 36 heavy (non-hydrogen) atoms. The lowest BCUT2D eigenvalue weighted by Gasteiger charge is -2.28. The Morgan fingerprint density at radius 3 is 2.31 bits per heavy atom. The normalized spacial score (nSPS) is 17.6. The first kappa shape index (κ1) is 25.8. The predicted molar refractivity (Wildman–Crippen MR) is 134 cm³/mol. The third-order valence-electron chi connectivity index (χ3n) is 6.86. The van der Waals surface area contributed by atoms with Gasteiger partial charge in [0, 0.05) is 11.6 Å². The molecule has 0 atom stereocenters. The van der Waals surface area contributed by atoms with Crippen molar-refractivity contribution in [3.05, 3.63) is 83.2 Å². The number of hydrogen-bond donors (Lipinski definition) is 0. The van der Waals surface area contributed by atoms with Crippen molar-refractivity contribution in [3.8, 4) is 22.6 Å². The van der Waals surface area contributed by atoms with Gasteiger partial charge in [-0.15, -0.1) is 0 Å². The zero-order valence-corrected chi connectivity index (χ0v) is 20.7. The first-order valence-corrected chi connectivity index (χ1v) is 12.6. The minimum absolute atomic E-state index is 0.0123. The molecular formula is C30H31F3O3. The minimum atomic E-state index is -1.18. The van der Waals surface area contributed by atoms with Gasteiger partial charge >= 0.3 is 5.97 Å². The molecule has 1 saturated carbocycles. The molecular weight excluding hydrogens is 465 g/mol. The van der Waals surface area contributed by atoms with E-state index in [1.807, 2.05) is 19.1 Å². The molecule has 0 aliphatic heterocycles. The zero-order chi connectivity index (χ0) is 25.7. The predicted octanol–water partition coefficient (Wildman–Crippen LogP) is 8.14. The molecule has 0 unspecified atom stereocenters. The lowest BCUT2D eigenvalue weighted by atomic mass is 9.78. The second-order valence-corrected chi connectivity index (χ2v) is 9.46. The van der Waals surface area contributed by atoms with Crippen LogP contribution in [0, 0.1) is 30.3 Å². The summed E-state index contributed by atoms with van der Waals surface area (Å²) in [6.45, 7) is 4.53. The standard InChI is InChI=1S/C30H31F3O3/c1-3-4-17-35-23-13-14-24(26(31)18-23)20-9-11-22(12-10-20)30(34)36-27-16-15-25(28(32)29(27)33)21-7-5-19(2)6-8-21/h5-8,13-16,18,20,22H,3-4,9-12,17H2,1-2H3. The topological polar surface area (TPSA) is 35.5 Å². The molecule has 1 aliphatic rings. The molecule has 1 fully saturated rings. The summed E-state index contributed by atoms with van der Waals surface area (Å²) in [5.41, 5.74) is 2.28. The van der Waals surface area contributed by atoms with E-state index in [0.29, 0.717) is 49.2 Å². The van der Waals surface area contributed by atoms with E-state index in [1.54, 1.807) is 24.3 Å². The third kappa shape index (κ3) is 5.92. The average Bonchev–Trinajstić information content (AvgIpc) is 2.88. The number of benzene rings is 3. The Bertz CT molecular complexity index is 1200. The summed E-state index contributed by atoms with van der Waals surface area (Å²) < 4.78 is 55.0. The maximum absolute atomic E-state index is 14.7. The monoisotopic (exact) mass is 496 g/mol. The summed E-state index contributed by atoms with van der Waals surface area (Å²) in [5.74, 6) is -3.48. The van der Waals surface area contributed by atoms with Crippen LogP contribution in [-0.2, 0) is 4.79 Å². The Morgan fingerprint density at radius 2 is 1.64 bits per heavy atom. The lowest BCUT2D eigenvalue weighted by Crippen LogP contribution is -2.25. The van der Waals surface area contributed by atoms with Gasteiger partial charge < -0.3 is 9.47 Å². The fourth-order valence-corrected chi connectivity index (χ4v) is 4.66. The van der Waals surface area contributed by atoms with E-state index in [2.05, 4.69) is 6.92 Å². The van der Waals surface area contributed by atoms with E-state index in [1.165, 1.54) is 18.2 Å². The van der Waals surface area contributed by atoms with Crippen molar-refractivity contribution in [3.63, 3.8) is 0 Å². The Hall–Kier alpha value is -3.28. The Labute approximate surface area is 210 Å². The molecule has 0 N–H and O–H groups in total. The molecule has 0 heterocycles. The molecule has 0 amide bonds. The molecule has 3 aromatic carbocycles. The van der Waals surface area contributed by atoms with Crippen LogP contribution in [-0.4, -0.2) is 12.6 Å². The number of carbonyl (C=O) groups excluding carboxylic acids is 1. The number of hydrogen-bond acceptors (Lipinski definition) is 3. The highest BCUT2D eigenvalue weighted by Crippen LogP contribution is 2.39. The van der Waals surface area contributed by atoms with Crippen molar-refractivity contribution >= 4 is 5.97 Å². The largest absolute Gasteiger partial charge is 0.493 e. The van der Waals surface area contributed by atoms with Crippen LogP contribution in [0.4, 0.5) is 13.2 Å². The van der Waals surface area contributed by atoms with Gasteiger partial charge in [0.15, 0.2) is 11.6 Å². The summed E-state index contributed by atoms with van der Waals surface area (Å²) >= 11 is 0. The molecule has 0 spiro atoms. The molecule has 190 valence electrons. The van der Waals surface area contributed by atoms with Gasteiger partial charge in [-0.05, 0) is 74.3 Å².